The zero-order chi connectivity index (χ0) is 12.5. The van der Waals surface area contributed by atoms with Gasteiger partial charge in [-0.3, -0.25) is 5.32 Å². The number of hydrogen-bond donors (Lipinski definition) is 1. The average Bonchev–Trinajstić information content (AvgIpc) is 2.62. The maximum Gasteiger partial charge on any atom is 0.137 e. The third-order valence-electron chi connectivity index (χ3n) is 2.89. The number of imidazole rings is 1. The van der Waals surface area contributed by atoms with Crippen LogP contribution in [0.15, 0.2) is 24.4 Å². The fourth-order valence-corrected chi connectivity index (χ4v) is 1.73. The van der Waals surface area contributed by atoms with Crippen LogP contribution in [0.25, 0.3) is 5.65 Å². The van der Waals surface area contributed by atoms with Gasteiger partial charge in [-0.15, -0.1) is 6.42 Å². The fourth-order valence-electron chi connectivity index (χ4n) is 1.73. The van der Waals surface area contributed by atoms with Crippen molar-refractivity contribution in [1.29, 1.82) is 0 Å². The molecule has 0 saturated carbocycles. The molecule has 2 aromatic rings. The minimum Gasteiger partial charge on any atom is -0.302 e. The van der Waals surface area contributed by atoms with Gasteiger partial charge in [0.05, 0.1) is 16.9 Å². The van der Waals surface area contributed by atoms with Crippen LogP contribution in [0.4, 0.5) is 0 Å². The summed E-state index contributed by atoms with van der Waals surface area (Å²) in [6.45, 7) is 6.72. The van der Waals surface area contributed by atoms with Crippen LogP contribution >= 0.6 is 0 Å². The summed E-state index contributed by atoms with van der Waals surface area (Å²) in [6, 6.07) is 6.00. The zero-order valence-electron chi connectivity index (χ0n) is 10.5. The molecule has 2 aromatic heterocycles. The smallest absolute Gasteiger partial charge is 0.137 e. The second-order valence-electron chi connectivity index (χ2n) is 4.70. The lowest BCUT2D eigenvalue weighted by Gasteiger charge is -2.19. The molecule has 3 nitrogen and oxygen atoms in total. The predicted molar refractivity (Wildman–Crippen MR) is 69.7 cm³/mol. The molecule has 1 N–H and O–H groups in total. The van der Waals surface area contributed by atoms with Gasteiger partial charge in [-0.05, 0) is 32.9 Å². The molecule has 3 heteroatoms. The van der Waals surface area contributed by atoms with E-state index < -0.39 is 0 Å². The standard InChI is InChI=1S/C14H17N3/c1-5-14(3,4)15-10-12-11(2)16-13-8-6-7-9-17(12)13/h1,6-9,15H,10H2,2-4H3. The van der Waals surface area contributed by atoms with E-state index in [0.717, 1.165) is 17.0 Å². The van der Waals surface area contributed by atoms with E-state index >= 15 is 0 Å². The summed E-state index contributed by atoms with van der Waals surface area (Å²) in [4.78, 5) is 4.51. The minimum atomic E-state index is -0.300. The van der Waals surface area contributed by atoms with E-state index in [0.29, 0.717) is 6.54 Å². The van der Waals surface area contributed by atoms with Gasteiger partial charge in [-0.1, -0.05) is 12.0 Å². The van der Waals surface area contributed by atoms with Crippen LogP contribution in [0.5, 0.6) is 0 Å². The summed E-state index contributed by atoms with van der Waals surface area (Å²) >= 11 is 0. The molecule has 0 aliphatic rings. The monoisotopic (exact) mass is 227 g/mol. The Balaban J connectivity index is 2.31. The van der Waals surface area contributed by atoms with Crippen LogP contribution in [0, 0.1) is 19.3 Å². The van der Waals surface area contributed by atoms with Gasteiger partial charge in [-0.25, -0.2) is 4.98 Å². The second-order valence-corrected chi connectivity index (χ2v) is 4.70. The third-order valence-corrected chi connectivity index (χ3v) is 2.89. The summed E-state index contributed by atoms with van der Waals surface area (Å²) in [5, 5.41) is 3.35. The van der Waals surface area contributed by atoms with Crippen LogP contribution in [0.1, 0.15) is 25.2 Å². The Morgan fingerprint density at radius 3 is 2.94 bits per heavy atom. The Morgan fingerprint density at radius 2 is 2.24 bits per heavy atom. The van der Waals surface area contributed by atoms with E-state index in [4.69, 9.17) is 6.42 Å². The SMILES string of the molecule is C#CC(C)(C)NCc1c(C)nc2ccccn12. The summed E-state index contributed by atoms with van der Waals surface area (Å²) in [5.74, 6) is 2.73. The summed E-state index contributed by atoms with van der Waals surface area (Å²) < 4.78 is 2.09. The molecule has 17 heavy (non-hydrogen) atoms. The number of rotatable bonds is 3. The van der Waals surface area contributed by atoms with E-state index in [2.05, 4.69) is 20.6 Å². The number of nitrogens with zero attached hydrogens (tertiary/aromatic N) is 2. The maximum atomic E-state index is 5.46. The Morgan fingerprint density at radius 1 is 1.47 bits per heavy atom. The van der Waals surface area contributed by atoms with Gasteiger partial charge in [0.1, 0.15) is 5.65 Å². The number of fused-ring (bicyclic) bond motifs is 1. The molecule has 0 atom stereocenters. The topological polar surface area (TPSA) is 29.3 Å². The number of nitrogens with one attached hydrogen (secondary N) is 1. The molecular formula is C14H17N3. The zero-order valence-corrected chi connectivity index (χ0v) is 10.5. The molecule has 0 amide bonds. The van der Waals surface area contributed by atoms with Crippen LogP contribution < -0.4 is 5.32 Å². The molecule has 0 bridgehead atoms. The molecule has 0 aromatic carbocycles. The summed E-state index contributed by atoms with van der Waals surface area (Å²) in [5.41, 5.74) is 2.87. The lowest BCUT2D eigenvalue weighted by molar-refractivity contribution is 0.484. The van der Waals surface area contributed by atoms with E-state index in [-0.39, 0.29) is 5.54 Å². The highest BCUT2D eigenvalue weighted by Crippen LogP contribution is 2.12. The van der Waals surface area contributed by atoms with Gasteiger partial charge in [0.2, 0.25) is 0 Å². The molecule has 2 heterocycles. The van der Waals surface area contributed by atoms with E-state index in [1.807, 2.05) is 45.2 Å². The van der Waals surface area contributed by atoms with Crippen LogP contribution in [-0.2, 0) is 6.54 Å². The molecule has 0 radical (unpaired) electrons. The molecule has 0 unspecified atom stereocenters. The Kier molecular flexibility index (Phi) is 2.91. The minimum absolute atomic E-state index is 0.300. The van der Waals surface area contributed by atoms with Crippen molar-refractivity contribution >= 4 is 5.65 Å². The summed E-state index contributed by atoms with van der Waals surface area (Å²) in [6.07, 6.45) is 7.48. The number of hydrogen-bond acceptors (Lipinski definition) is 2. The first-order valence-electron chi connectivity index (χ1n) is 5.69. The van der Waals surface area contributed by atoms with E-state index in [9.17, 15) is 0 Å². The Bertz CT molecular complexity index is 573. The lowest BCUT2D eigenvalue weighted by atomic mass is 10.1. The molecule has 0 aliphatic carbocycles. The fraction of sp³-hybridized carbons (Fsp3) is 0.357. The molecule has 0 saturated heterocycles. The van der Waals surface area contributed by atoms with Gasteiger partial charge >= 0.3 is 0 Å². The predicted octanol–water partition coefficient (Wildman–Crippen LogP) is 2.14. The van der Waals surface area contributed by atoms with Crippen molar-refractivity contribution in [3.63, 3.8) is 0 Å². The highest BCUT2D eigenvalue weighted by atomic mass is 15.1. The van der Waals surface area contributed by atoms with Gasteiger partial charge in [0, 0.05) is 12.7 Å². The molecular weight excluding hydrogens is 210 g/mol. The molecule has 0 aliphatic heterocycles. The highest BCUT2D eigenvalue weighted by molar-refractivity contribution is 5.42. The van der Waals surface area contributed by atoms with Crippen molar-refractivity contribution in [3.05, 3.63) is 35.8 Å². The van der Waals surface area contributed by atoms with Crippen LogP contribution in [0.3, 0.4) is 0 Å². The second kappa shape index (κ2) is 4.23. The molecule has 88 valence electrons. The number of aromatic nitrogens is 2. The third kappa shape index (κ3) is 2.32. The first kappa shape index (κ1) is 11.7. The van der Waals surface area contributed by atoms with E-state index in [1.165, 1.54) is 0 Å². The Hall–Kier alpha value is -1.79. The van der Waals surface area contributed by atoms with Gasteiger partial charge in [-0.2, -0.15) is 0 Å². The quantitative estimate of drug-likeness (QED) is 0.814. The lowest BCUT2D eigenvalue weighted by Crippen LogP contribution is -2.37. The van der Waals surface area contributed by atoms with Crippen molar-refractivity contribution in [1.82, 2.24) is 14.7 Å². The number of terminal acetylenes is 1. The number of aryl methyl sites for hydroxylation is 1. The first-order chi connectivity index (χ1) is 8.03. The Labute approximate surface area is 102 Å². The van der Waals surface area contributed by atoms with Gasteiger partial charge in [0.15, 0.2) is 0 Å². The van der Waals surface area contributed by atoms with Crippen LogP contribution in [0.2, 0.25) is 0 Å². The largest absolute Gasteiger partial charge is 0.302 e. The normalized spacial score (nSPS) is 11.6. The van der Waals surface area contributed by atoms with Crippen LogP contribution in [-0.4, -0.2) is 14.9 Å². The molecule has 0 spiro atoms. The highest BCUT2D eigenvalue weighted by Gasteiger charge is 2.15. The van der Waals surface area contributed by atoms with Crippen molar-refractivity contribution in [2.45, 2.75) is 32.9 Å². The number of pyridine rings is 1. The maximum absolute atomic E-state index is 5.46. The van der Waals surface area contributed by atoms with Crippen molar-refractivity contribution in [2.24, 2.45) is 0 Å². The summed E-state index contributed by atoms with van der Waals surface area (Å²) in [7, 11) is 0. The average molecular weight is 227 g/mol. The van der Waals surface area contributed by atoms with Gasteiger partial charge in [0.25, 0.3) is 0 Å². The van der Waals surface area contributed by atoms with Crippen molar-refractivity contribution in [3.8, 4) is 12.3 Å². The van der Waals surface area contributed by atoms with Crippen molar-refractivity contribution < 1.29 is 0 Å². The van der Waals surface area contributed by atoms with E-state index in [1.54, 1.807) is 0 Å². The first-order valence-corrected chi connectivity index (χ1v) is 5.69. The molecule has 2 rings (SSSR count). The molecule has 0 fully saturated rings. The van der Waals surface area contributed by atoms with Crippen molar-refractivity contribution in [2.75, 3.05) is 0 Å². The van der Waals surface area contributed by atoms with Gasteiger partial charge < -0.3 is 4.40 Å².